The molecular weight excluding hydrogens is 325 g/mol. The van der Waals surface area contributed by atoms with E-state index in [1.165, 1.54) is 25.3 Å². The summed E-state index contributed by atoms with van der Waals surface area (Å²) in [5.74, 6) is 1.66. The molecule has 0 bridgehead atoms. The summed E-state index contributed by atoms with van der Waals surface area (Å²) < 4.78 is 14.5. The summed E-state index contributed by atoms with van der Waals surface area (Å²) in [6.45, 7) is 1.50. The zero-order chi connectivity index (χ0) is 16.9. The van der Waals surface area contributed by atoms with Crippen LogP contribution in [0.2, 0.25) is 0 Å². The summed E-state index contributed by atoms with van der Waals surface area (Å²) in [6.07, 6.45) is 5.98. The first-order valence-corrected chi connectivity index (χ1v) is 9.96. The van der Waals surface area contributed by atoms with Crippen molar-refractivity contribution in [1.29, 1.82) is 0 Å². The van der Waals surface area contributed by atoms with E-state index >= 15 is 0 Å². The molecule has 24 heavy (non-hydrogen) atoms. The van der Waals surface area contributed by atoms with Gasteiger partial charge in [0.1, 0.15) is 5.82 Å². The third-order valence-corrected chi connectivity index (χ3v) is 5.94. The van der Waals surface area contributed by atoms with Crippen LogP contribution in [0, 0.1) is 5.82 Å². The van der Waals surface area contributed by atoms with Crippen LogP contribution >= 0.6 is 11.8 Å². The van der Waals surface area contributed by atoms with Crippen molar-refractivity contribution >= 4 is 29.2 Å². The van der Waals surface area contributed by atoms with Gasteiger partial charge in [0.25, 0.3) is 0 Å². The molecule has 2 amide bonds. The van der Waals surface area contributed by atoms with Crippen molar-refractivity contribution in [2.45, 2.75) is 38.1 Å². The van der Waals surface area contributed by atoms with E-state index in [1.807, 2.05) is 18.8 Å². The van der Waals surface area contributed by atoms with Crippen molar-refractivity contribution in [3.05, 3.63) is 24.0 Å². The normalized spacial score (nSPS) is 19.2. The molecule has 1 saturated heterocycles. The fourth-order valence-corrected chi connectivity index (χ4v) is 4.41. The lowest BCUT2D eigenvalue weighted by molar-refractivity contribution is 0.217. The topological polar surface area (TPSA) is 35.6 Å². The lowest BCUT2D eigenvalue weighted by Gasteiger charge is -2.33. The summed E-state index contributed by atoms with van der Waals surface area (Å²) >= 11 is 1.86. The number of amides is 2. The van der Waals surface area contributed by atoms with E-state index < -0.39 is 0 Å². The molecule has 132 valence electrons. The van der Waals surface area contributed by atoms with Gasteiger partial charge in [-0.1, -0.05) is 19.3 Å². The van der Waals surface area contributed by atoms with Gasteiger partial charge < -0.3 is 15.1 Å². The standard InChI is InChI=1S/C18H26FN3OS/c1-21(15-5-3-2-4-6-15)17-8-7-14(13-16(17)19)20-18(23)22-9-11-24-12-10-22/h7-8,13,15H,2-6,9-12H2,1H3,(H,20,23). The molecule has 1 aromatic carbocycles. The Morgan fingerprint density at radius 2 is 1.96 bits per heavy atom. The zero-order valence-corrected chi connectivity index (χ0v) is 15.1. The number of carbonyl (C=O) groups is 1. The molecule has 1 heterocycles. The second-order valence-electron chi connectivity index (χ2n) is 6.60. The lowest BCUT2D eigenvalue weighted by Crippen LogP contribution is -2.40. The maximum Gasteiger partial charge on any atom is 0.321 e. The van der Waals surface area contributed by atoms with Gasteiger partial charge in [0, 0.05) is 43.4 Å². The summed E-state index contributed by atoms with van der Waals surface area (Å²) in [5.41, 5.74) is 1.14. The number of anilines is 2. The van der Waals surface area contributed by atoms with Crippen LogP contribution in [-0.4, -0.2) is 48.6 Å². The lowest BCUT2D eigenvalue weighted by atomic mass is 9.94. The molecule has 0 atom stereocenters. The molecule has 3 rings (SSSR count). The van der Waals surface area contributed by atoms with E-state index in [0.29, 0.717) is 17.4 Å². The number of urea groups is 1. The van der Waals surface area contributed by atoms with Crippen LogP contribution < -0.4 is 10.2 Å². The van der Waals surface area contributed by atoms with Crippen LogP contribution in [-0.2, 0) is 0 Å². The van der Waals surface area contributed by atoms with E-state index in [2.05, 4.69) is 10.2 Å². The van der Waals surface area contributed by atoms with Crippen molar-refractivity contribution in [3.63, 3.8) is 0 Å². The Hall–Kier alpha value is -1.43. The minimum atomic E-state index is -0.268. The quantitative estimate of drug-likeness (QED) is 0.887. The number of nitrogens with zero attached hydrogens (tertiary/aromatic N) is 2. The van der Waals surface area contributed by atoms with Crippen LogP contribution in [0.25, 0.3) is 0 Å². The van der Waals surface area contributed by atoms with Crippen molar-refractivity contribution < 1.29 is 9.18 Å². The maximum absolute atomic E-state index is 14.5. The first-order chi connectivity index (χ1) is 11.6. The number of halogens is 1. The highest BCUT2D eigenvalue weighted by atomic mass is 32.2. The summed E-state index contributed by atoms with van der Waals surface area (Å²) in [4.78, 5) is 16.1. The Kier molecular flexibility index (Phi) is 5.87. The van der Waals surface area contributed by atoms with E-state index in [-0.39, 0.29) is 11.8 Å². The van der Waals surface area contributed by atoms with E-state index in [0.717, 1.165) is 37.4 Å². The van der Waals surface area contributed by atoms with Gasteiger partial charge in [0.15, 0.2) is 0 Å². The molecule has 1 aromatic rings. The molecule has 1 aliphatic carbocycles. The SMILES string of the molecule is CN(c1ccc(NC(=O)N2CCSCC2)cc1F)C1CCCCC1. The second kappa shape index (κ2) is 8.10. The largest absolute Gasteiger partial charge is 0.369 e. The number of carbonyl (C=O) groups excluding carboxylic acids is 1. The van der Waals surface area contributed by atoms with Gasteiger partial charge in [-0.25, -0.2) is 9.18 Å². The Morgan fingerprint density at radius 3 is 2.62 bits per heavy atom. The van der Waals surface area contributed by atoms with Crippen molar-refractivity contribution in [2.24, 2.45) is 0 Å². The summed E-state index contributed by atoms with van der Waals surface area (Å²) in [5, 5.41) is 2.82. The van der Waals surface area contributed by atoms with Crippen LogP contribution in [0.15, 0.2) is 18.2 Å². The fourth-order valence-electron chi connectivity index (χ4n) is 3.50. The third-order valence-electron chi connectivity index (χ3n) is 5.00. The molecule has 4 nitrogen and oxygen atoms in total. The number of thioether (sulfide) groups is 1. The predicted molar refractivity (Wildman–Crippen MR) is 99.6 cm³/mol. The first kappa shape index (κ1) is 17.4. The molecule has 1 saturated carbocycles. The monoisotopic (exact) mass is 351 g/mol. The van der Waals surface area contributed by atoms with E-state index in [4.69, 9.17) is 0 Å². The third kappa shape index (κ3) is 4.15. The fraction of sp³-hybridized carbons (Fsp3) is 0.611. The number of benzene rings is 1. The van der Waals surface area contributed by atoms with Gasteiger partial charge in [-0.2, -0.15) is 11.8 Å². The number of hydrogen-bond acceptors (Lipinski definition) is 3. The van der Waals surface area contributed by atoms with Gasteiger partial charge in [-0.15, -0.1) is 0 Å². The highest BCUT2D eigenvalue weighted by Gasteiger charge is 2.21. The van der Waals surface area contributed by atoms with Gasteiger partial charge in [0.05, 0.1) is 5.69 Å². The number of rotatable bonds is 3. The number of hydrogen-bond donors (Lipinski definition) is 1. The van der Waals surface area contributed by atoms with Crippen molar-refractivity contribution in [3.8, 4) is 0 Å². The Labute approximate surface area is 147 Å². The first-order valence-electron chi connectivity index (χ1n) is 8.81. The molecule has 2 aliphatic rings. The molecule has 0 aromatic heterocycles. The van der Waals surface area contributed by atoms with Crippen LogP contribution in [0.5, 0.6) is 0 Å². The van der Waals surface area contributed by atoms with E-state index in [1.54, 1.807) is 17.0 Å². The Morgan fingerprint density at radius 1 is 1.25 bits per heavy atom. The molecule has 1 aliphatic heterocycles. The summed E-state index contributed by atoms with van der Waals surface area (Å²) in [6, 6.07) is 5.30. The Balaban J connectivity index is 1.64. The van der Waals surface area contributed by atoms with Gasteiger partial charge >= 0.3 is 6.03 Å². The van der Waals surface area contributed by atoms with Crippen molar-refractivity contribution in [2.75, 3.05) is 41.9 Å². The minimum absolute atomic E-state index is 0.136. The molecule has 0 unspecified atom stereocenters. The second-order valence-corrected chi connectivity index (χ2v) is 7.82. The van der Waals surface area contributed by atoms with Crippen LogP contribution in [0.1, 0.15) is 32.1 Å². The summed E-state index contributed by atoms with van der Waals surface area (Å²) in [7, 11) is 1.97. The zero-order valence-electron chi connectivity index (χ0n) is 14.3. The average Bonchev–Trinajstić information content (AvgIpc) is 2.63. The highest BCUT2D eigenvalue weighted by Crippen LogP contribution is 2.29. The predicted octanol–water partition coefficient (Wildman–Crippen LogP) is 4.18. The smallest absolute Gasteiger partial charge is 0.321 e. The molecule has 1 N–H and O–H groups in total. The van der Waals surface area contributed by atoms with Crippen LogP contribution in [0.4, 0.5) is 20.6 Å². The molecule has 0 radical (unpaired) electrons. The minimum Gasteiger partial charge on any atom is -0.369 e. The van der Waals surface area contributed by atoms with Gasteiger partial charge in [0.2, 0.25) is 0 Å². The van der Waals surface area contributed by atoms with E-state index in [9.17, 15) is 9.18 Å². The molecule has 6 heteroatoms. The molecule has 0 spiro atoms. The highest BCUT2D eigenvalue weighted by molar-refractivity contribution is 7.99. The Bertz CT molecular complexity index is 571. The van der Waals surface area contributed by atoms with Crippen LogP contribution in [0.3, 0.4) is 0 Å². The van der Waals surface area contributed by atoms with Gasteiger partial charge in [-0.3, -0.25) is 0 Å². The molecular formula is C18H26FN3OS. The van der Waals surface area contributed by atoms with Crippen molar-refractivity contribution in [1.82, 2.24) is 4.90 Å². The van der Waals surface area contributed by atoms with Gasteiger partial charge in [-0.05, 0) is 31.0 Å². The number of nitrogens with one attached hydrogen (secondary N) is 1. The average molecular weight is 351 g/mol. The molecule has 2 fully saturated rings. The maximum atomic E-state index is 14.5.